The molecule has 1 heterocycles. The van der Waals surface area contributed by atoms with Crippen LogP contribution in [0, 0.1) is 5.92 Å². The molecule has 1 aromatic heterocycles. The molecule has 0 spiro atoms. The molecule has 1 aliphatic carbocycles. The van der Waals surface area contributed by atoms with E-state index in [4.69, 9.17) is 4.42 Å². The Morgan fingerprint density at radius 2 is 1.89 bits per heavy atom. The summed E-state index contributed by atoms with van der Waals surface area (Å²) in [6, 6.07) is 9.22. The van der Waals surface area contributed by atoms with Crippen LogP contribution in [-0.4, -0.2) is 0 Å². The van der Waals surface area contributed by atoms with Crippen molar-refractivity contribution >= 4 is 11.0 Å². The average Bonchev–Trinajstić information content (AvgIpc) is 2.42. The highest BCUT2D eigenvalue weighted by Crippen LogP contribution is 2.41. The van der Waals surface area contributed by atoms with E-state index in [0.29, 0.717) is 11.0 Å². The minimum Gasteiger partial charge on any atom is -0.460 e. The standard InChI is InChI=1S/C17H20O2/c1-12-7-9-17(2,10-8-12)16-11-14(18)13-5-3-4-6-15(13)19-16/h3-6,11-12H,7-10H2,1-2H3. The number of fused-ring (bicyclic) bond motifs is 1. The second kappa shape index (κ2) is 4.52. The molecule has 1 saturated carbocycles. The van der Waals surface area contributed by atoms with Crippen LogP contribution in [0.1, 0.15) is 45.3 Å². The van der Waals surface area contributed by atoms with E-state index in [-0.39, 0.29) is 10.8 Å². The Kier molecular flexibility index (Phi) is 2.96. The van der Waals surface area contributed by atoms with Crippen LogP contribution in [0.4, 0.5) is 0 Å². The minimum absolute atomic E-state index is 0.0235. The van der Waals surface area contributed by atoms with E-state index in [9.17, 15) is 4.79 Å². The third-order valence-corrected chi connectivity index (χ3v) is 4.61. The van der Waals surface area contributed by atoms with Crippen molar-refractivity contribution in [3.63, 3.8) is 0 Å². The quantitative estimate of drug-likeness (QED) is 0.763. The van der Waals surface area contributed by atoms with Crippen LogP contribution in [0.25, 0.3) is 11.0 Å². The van der Waals surface area contributed by atoms with Crippen LogP contribution in [0.3, 0.4) is 0 Å². The minimum atomic E-state index is 0.0235. The van der Waals surface area contributed by atoms with Crippen LogP contribution >= 0.6 is 0 Å². The van der Waals surface area contributed by atoms with Gasteiger partial charge < -0.3 is 4.42 Å². The molecule has 0 aliphatic heterocycles. The Hall–Kier alpha value is -1.57. The third-order valence-electron chi connectivity index (χ3n) is 4.61. The Bertz CT molecular complexity index is 646. The van der Waals surface area contributed by atoms with Gasteiger partial charge in [-0.25, -0.2) is 0 Å². The van der Waals surface area contributed by atoms with Crippen molar-refractivity contribution in [2.75, 3.05) is 0 Å². The average molecular weight is 256 g/mol. The first-order valence-corrected chi connectivity index (χ1v) is 7.12. The smallest absolute Gasteiger partial charge is 0.192 e. The summed E-state index contributed by atoms with van der Waals surface area (Å²) in [5.41, 5.74) is 0.817. The maximum atomic E-state index is 12.2. The van der Waals surface area contributed by atoms with Crippen molar-refractivity contribution < 1.29 is 4.42 Å². The SMILES string of the molecule is CC1CCC(C)(c2cc(=O)c3ccccc3o2)CC1. The zero-order valence-electron chi connectivity index (χ0n) is 11.6. The van der Waals surface area contributed by atoms with Crippen LogP contribution in [0.5, 0.6) is 0 Å². The van der Waals surface area contributed by atoms with Crippen molar-refractivity contribution in [1.82, 2.24) is 0 Å². The molecule has 2 heteroatoms. The summed E-state index contributed by atoms with van der Waals surface area (Å²) >= 11 is 0. The molecule has 3 rings (SSSR count). The Labute approximate surface area is 113 Å². The maximum absolute atomic E-state index is 12.2. The largest absolute Gasteiger partial charge is 0.460 e. The summed E-state index contributed by atoms with van der Waals surface area (Å²) in [6.45, 7) is 4.53. The van der Waals surface area contributed by atoms with Crippen LogP contribution in [0.2, 0.25) is 0 Å². The molecule has 1 fully saturated rings. The van der Waals surface area contributed by atoms with Gasteiger partial charge in [-0.1, -0.05) is 26.0 Å². The van der Waals surface area contributed by atoms with E-state index < -0.39 is 0 Å². The fraction of sp³-hybridized carbons (Fsp3) is 0.471. The van der Waals surface area contributed by atoms with Gasteiger partial charge in [-0.3, -0.25) is 4.79 Å². The molecule has 0 radical (unpaired) electrons. The molecule has 0 atom stereocenters. The zero-order valence-corrected chi connectivity index (χ0v) is 11.6. The highest BCUT2D eigenvalue weighted by molar-refractivity contribution is 5.76. The van der Waals surface area contributed by atoms with Gasteiger partial charge in [-0.15, -0.1) is 0 Å². The summed E-state index contributed by atoms with van der Waals surface area (Å²) in [5, 5.41) is 0.680. The van der Waals surface area contributed by atoms with Gasteiger partial charge in [0.15, 0.2) is 5.43 Å². The molecule has 2 nitrogen and oxygen atoms in total. The molecule has 1 aliphatic rings. The molecule has 0 N–H and O–H groups in total. The van der Waals surface area contributed by atoms with Crippen molar-refractivity contribution in [3.05, 3.63) is 46.3 Å². The number of rotatable bonds is 1. The predicted molar refractivity (Wildman–Crippen MR) is 77.5 cm³/mol. The van der Waals surface area contributed by atoms with Gasteiger partial charge in [0.05, 0.1) is 5.39 Å². The van der Waals surface area contributed by atoms with Gasteiger partial charge in [-0.05, 0) is 43.7 Å². The molecular weight excluding hydrogens is 236 g/mol. The molecule has 0 bridgehead atoms. The van der Waals surface area contributed by atoms with Crippen molar-refractivity contribution in [2.45, 2.75) is 44.9 Å². The lowest BCUT2D eigenvalue weighted by Gasteiger charge is -2.35. The van der Waals surface area contributed by atoms with E-state index >= 15 is 0 Å². The first-order valence-electron chi connectivity index (χ1n) is 7.12. The summed E-state index contributed by atoms with van der Waals surface area (Å²) in [4.78, 5) is 12.2. The molecule has 2 aromatic rings. The second-order valence-electron chi connectivity index (χ2n) is 6.21. The fourth-order valence-electron chi connectivity index (χ4n) is 3.05. The van der Waals surface area contributed by atoms with Gasteiger partial charge in [0.2, 0.25) is 0 Å². The van der Waals surface area contributed by atoms with Gasteiger partial charge in [0, 0.05) is 11.5 Å². The topological polar surface area (TPSA) is 30.2 Å². The van der Waals surface area contributed by atoms with Crippen molar-refractivity contribution in [2.24, 2.45) is 5.92 Å². The highest BCUT2D eigenvalue weighted by Gasteiger charge is 2.34. The van der Waals surface area contributed by atoms with E-state index in [1.165, 1.54) is 12.8 Å². The Morgan fingerprint density at radius 1 is 1.21 bits per heavy atom. The Balaban J connectivity index is 2.08. The lowest BCUT2D eigenvalue weighted by Crippen LogP contribution is -2.28. The van der Waals surface area contributed by atoms with Crippen LogP contribution in [-0.2, 0) is 5.41 Å². The molecule has 1 aromatic carbocycles. The highest BCUT2D eigenvalue weighted by atomic mass is 16.3. The number of para-hydroxylation sites is 1. The fourth-order valence-corrected chi connectivity index (χ4v) is 3.05. The maximum Gasteiger partial charge on any atom is 0.192 e. The lowest BCUT2D eigenvalue weighted by molar-refractivity contribution is 0.227. The first-order chi connectivity index (χ1) is 9.08. The van der Waals surface area contributed by atoms with Gasteiger partial charge >= 0.3 is 0 Å². The summed E-state index contributed by atoms with van der Waals surface area (Å²) in [7, 11) is 0. The van der Waals surface area contributed by atoms with Crippen molar-refractivity contribution in [1.29, 1.82) is 0 Å². The van der Waals surface area contributed by atoms with Gasteiger partial charge in [0.25, 0.3) is 0 Å². The van der Waals surface area contributed by atoms with E-state index in [1.54, 1.807) is 6.07 Å². The Morgan fingerprint density at radius 3 is 2.63 bits per heavy atom. The van der Waals surface area contributed by atoms with E-state index in [0.717, 1.165) is 24.5 Å². The van der Waals surface area contributed by atoms with Crippen molar-refractivity contribution in [3.8, 4) is 0 Å². The second-order valence-corrected chi connectivity index (χ2v) is 6.21. The van der Waals surface area contributed by atoms with Crippen LogP contribution in [0.15, 0.2) is 39.5 Å². The van der Waals surface area contributed by atoms with Gasteiger partial charge in [0.1, 0.15) is 11.3 Å². The van der Waals surface area contributed by atoms with Crippen LogP contribution < -0.4 is 5.43 Å². The van der Waals surface area contributed by atoms with E-state index in [1.807, 2.05) is 24.3 Å². The lowest BCUT2D eigenvalue weighted by atomic mass is 9.70. The molecule has 0 saturated heterocycles. The van der Waals surface area contributed by atoms with Gasteiger partial charge in [-0.2, -0.15) is 0 Å². The summed E-state index contributed by atoms with van der Waals surface area (Å²) in [5.74, 6) is 1.66. The molecule has 19 heavy (non-hydrogen) atoms. The number of benzene rings is 1. The molecular formula is C17H20O2. The summed E-state index contributed by atoms with van der Waals surface area (Å²) in [6.07, 6.45) is 4.64. The summed E-state index contributed by atoms with van der Waals surface area (Å²) < 4.78 is 6.02. The normalized spacial score (nSPS) is 27.6. The monoisotopic (exact) mass is 256 g/mol. The zero-order chi connectivity index (χ0) is 13.5. The third kappa shape index (κ3) is 2.20. The molecule has 0 unspecified atom stereocenters. The van der Waals surface area contributed by atoms with E-state index in [2.05, 4.69) is 13.8 Å². The number of hydrogen-bond acceptors (Lipinski definition) is 2. The molecule has 0 amide bonds. The predicted octanol–water partition coefficient (Wildman–Crippen LogP) is 4.26. The molecule has 100 valence electrons. The number of hydrogen-bond donors (Lipinski definition) is 0. The first kappa shape index (κ1) is 12.5.